The van der Waals surface area contributed by atoms with E-state index in [1.165, 1.54) is 36.4 Å². The summed E-state index contributed by atoms with van der Waals surface area (Å²) >= 11 is 0. The van der Waals surface area contributed by atoms with Crippen LogP contribution in [0, 0.1) is 17.5 Å². The SMILES string of the molecule is Fc1c(Oc2cccc(Oc3ccccc3)c2)c(F)c(Oc2cccc(Oc3ccccc3)c2)c(F)c1Oc1cccc(Oc2ccccc2)c1. The van der Waals surface area contributed by atoms with Crippen LogP contribution in [0.3, 0.4) is 0 Å². The van der Waals surface area contributed by atoms with Crippen molar-refractivity contribution in [2.75, 3.05) is 0 Å². The first-order chi connectivity index (χ1) is 25.0. The van der Waals surface area contributed by atoms with Crippen molar-refractivity contribution >= 4 is 0 Å². The van der Waals surface area contributed by atoms with E-state index in [1.807, 2.05) is 18.2 Å². The zero-order valence-corrected chi connectivity index (χ0v) is 26.7. The Morgan fingerprint density at radius 3 is 0.706 bits per heavy atom. The highest BCUT2D eigenvalue weighted by atomic mass is 19.1. The molecule has 0 fully saturated rings. The third kappa shape index (κ3) is 8.06. The summed E-state index contributed by atoms with van der Waals surface area (Å²) in [6.07, 6.45) is 0. The van der Waals surface area contributed by atoms with E-state index in [-0.39, 0.29) is 17.2 Å². The Morgan fingerprint density at radius 1 is 0.235 bits per heavy atom. The van der Waals surface area contributed by atoms with Crippen LogP contribution in [0.4, 0.5) is 13.2 Å². The second-order valence-electron chi connectivity index (χ2n) is 10.9. The van der Waals surface area contributed by atoms with Gasteiger partial charge in [0.25, 0.3) is 0 Å². The van der Waals surface area contributed by atoms with Crippen molar-refractivity contribution in [3.05, 3.63) is 181 Å². The van der Waals surface area contributed by atoms with Crippen molar-refractivity contribution in [1.82, 2.24) is 0 Å². The van der Waals surface area contributed by atoms with E-state index in [1.54, 1.807) is 109 Å². The summed E-state index contributed by atoms with van der Waals surface area (Å²) in [6.45, 7) is 0. The number of halogens is 3. The van der Waals surface area contributed by atoms with Gasteiger partial charge in [0.05, 0.1) is 0 Å². The molecule has 0 amide bonds. The van der Waals surface area contributed by atoms with E-state index in [2.05, 4.69) is 0 Å². The summed E-state index contributed by atoms with van der Waals surface area (Å²) in [5.41, 5.74) is 0. The molecule has 7 aromatic rings. The first-order valence-electron chi connectivity index (χ1n) is 15.7. The Hall–Kier alpha value is -6.87. The maximum absolute atomic E-state index is 16.2. The number of hydrogen-bond acceptors (Lipinski definition) is 6. The van der Waals surface area contributed by atoms with Gasteiger partial charge in [-0.05, 0) is 72.8 Å². The maximum atomic E-state index is 16.2. The van der Waals surface area contributed by atoms with Crippen LogP contribution in [0.25, 0.3) is 0 Å². The molecule has 0 bridgehead atoms. The molecule has 0 N–H and O–H groups in total. The smallest absolute Gasteiger partial charge is 0.214 e. The lowest BCUT2D eigenvalue weighted by atomic mass is 10.2. The highest BCUT2D eigenvalue weighted by Crippen LogP contribution is 2.46. The van der Waals surface area contributed by atoms with Gasteiger partial charge >= 0.3 is 0 Å². The summed E-state index contributed by atoms with van der Waals surface area (Å²) in [4.78, 5) is 0. The quantitative estimate of drug-likeness (QED) is 0.128. The van der Waals surface area contributed by atoms with Crippen LogP contribution in [0.5, 0.6) is 69.0 Å². The summed E-state index contributed by atoms with van der Waals surface area (Å²) in [7, 11) is 0. The molecule has 0 aliphatic heterocycles. The topological polar surface area (TPSA) is 55.4 Å². The predicted molar refractivity (Wildman–Crippen MR) is 185 cm³/mol. The van der Waals surface area contributed by atoms with Gasteiger partial charge in [0, 0.05) is 18.2 Å². The molecule has 7 aromatic carbocycles. The van der Waals surface area contributed by atoms with Gasteiger partial charge in [-0.15, -0.1) is 0 Å². The molecule has 6 nitrogen and oxygen atoms in total. The Bertz CT molecular complexity index is 1970. The highest BCUT2D eigenvalue weighted by Gasteiger charge is 2.31. The van der Waals surface area contributed by atoms with Gasteiger partial charge < -0.3 is 28.4 Å². The second kappa shape index (κ2) is 15.1. The molecule has 0 aromatic heterocycles. The van der Waals surface area contributed by atoms with Crippen LogP contribution >= 0.6 is 0 Å². The summed E-state index contributed by atoms with van der Waals surface area (Å²) in [5, 5.41) is 0. The van der Waals surface area contributed by atoms with Crippen LogP contribution in [-0.4, -0.2) is 0 Å². The van der Waals surface area contributed by atoms with Crippen molar-refractivity contribution < 1.29 is 41.6 Å². The van der Waals surface area contributed by atoms with Gasteiger partial charge in [0.2, 0.25) is 34.7 Å². The molecule has 51 heavy (non-hydrogen) atoms. The fraction of sp³-hybridized carbons (Fsp3) is 0. The number of rotatable bonds is 12. The van der Waals surface area contributed by atoms with Crippen LogP contribution in [0.2, 0.25) is 0 Å². The van der Waals surface area contributed by atoms with Crippen LogP contribution in [0.1, 0.15) is 0 Å². The van der Waals surface area contributed by atoms with Crippen molar-refractivity contribution in [2.24, 2.45) is 0 Å². The second-order valence-corrected chi connectivity index (χ2v) is 10.9. The molecular formula is C42H27F3O6. The van der Waals surface area contributed by atoms with Crippen molar-refractivity contribution in [3.63, 3.8) is 0 Å². The van der Waals surface area contributed by atoms with Gasteiger partial charge in [0.15, 0.2) is 0 Å². The van der Waals surface area contributed by atoms with Gasteiger partial charge in [-0.25, -0.2) is 0 Å². The number of benzene rings is 7. The predicted octanol–water partition coefficient (Wildman–Crippen LogP) is 12.9. The van der Waals surface area contributed by atoms with E-state index in [0.717, 1.165) is 0 Å². The van der Waals surface area contributed by atoms with Gasteiger partial charge in [0.1, 0.15) is 51.7 Å². The van der Waals surface area contributed by atoms with Crippen LogP contribution < -0.4 is 28.4 Å². The zero-order valence-electron chi connectivity index (χ0n) is 26.7. The lowest BCUT2D eigenvalue weighted by Crippen LogP contribution is -2.04. The first-order valence-corrected chi connectivity index (χ1v) is 15.7. The molecule has 0 aliphatic rings. The average Bonchev–Trinajstić information content (AvgIpc) is 3.15. The molecule has 0 saturated heterocycles. The lowest BCUT2D eigenvalue weighted by Gasteiger charge is -2.18. The molecule has 9 heteroatoms. The fourth-order valence-electron chi connectivity index (χ4n) is 4.90. The number of hydrogen-bond donors (Lipinski definition) is 0. The lowest BCUT2D eigenvalue weighted by molar-refractivity contribution is 0.328. The van der Waals surface area contributed by atoms with Gasteiger partial charge in [-0.1, -0.05) is 72.8 Å². The van der Waals surface area contributed by atoms with Gasteiger partial charge in [-0.2, -0.15) is 13.2 Å². The standard InChI is InChI=1S/C42H27F3O6/c43-37-40(49-34-22-10-19-31(25-34)46-28-13-4-1-5-14-28)38(44)42(51-36-24-12-21-33(27-36)48-30-17-8-3-9-18-30)39(45)41(37)50-35-23-11-20-32(26-35)47-29-15-6-2-7-16-29/h1-27H. The Kier molecular flexibility index (Phi) is 9.69. The summed E-state index contributed by atoms with van der Waals surface area (Å²) in [5.74, 6) is -4.60. The minimum Gasteiger partial charge on any atom is -0.457 e. The van der Waals surface area contributed by atoms with Gasteiger partial charge in [-0.3, -0.25) is 0 Å². The maximum Gasteiger partial charge on any atom is 0.214 e. The average molecular weight is 685 g/mol. The highest BCUT2D eigenvalue weighted by molar-refractivity contribution is 5.53. The molecule has 0 unspecified atom stereocenters. The van der Waals surface area contributed by atoms with E-state index in [9.17, 15) is 0 Å². The molecule has 0 heterocycles. The molecule has 0 atom stereocenters. The molecule has 252 valence electrons. The molecule has 0 aliphatic carbocycles. The Morgan fingerprint density at radius 2 is 0.451 bits per heavy atom. The molecule has 0 spiro atoms. The largest absolute Gasteiger partial charge is 0.457 e. The minimum absolute atomic E-state index is 0.00116. The van der Waals surface area contributed by atoms with Crippen molar-refractivity contribution in [2.45, 2.75) is 0 Å². The molecule has 0 radical (unpaired) electrons. The third-order valence-electron chi connectivity index (χ3n) is 7.21. The molecular weight excluding hydrogens is 657 g/mol. The normalized spacial score (nSPS) is 10.6. The first kappa shape index (κ1) is 32.7. The monoisotopic (exact) mass is 684 g/mol. The van der Waals surface area contributed by atoms with Crippen molar-refractivity contribution in [3.8, 4) is 69.0 Å². The molecule has 7 rings (SSSR count). The molecule has 0 saturated carbocycles. The van der Waals surface area contributed by atoms with E-state index >= 15 is 13.2 Å². The minimum atomic E-state index is -1.44. The Labute approximate surface area is 291 Å². The number of ether oxygens (including phenoxy) is 6. The summed E-state index contributed by atoms with van der Waals surface area (Å²) < 4.78 is 83.4. The third-order valence-corrected chi connectivity index (χ3v) is 7.21. The van der Waals surface area contributed by atoms with Crippen molar-refractivity contribution in [1.29, 1.82) is 0 Å². The Balaban J connectivity index is 1.24. The van der Waals surface area contributed by atoms with Crippen LogP contribution in [0.15, 0.2) is 164 Å². The zero-order chi connectivity index (χ0) is 35.0. The van der Waals surface area contributed by atoms with E-state index in [0.29, 0.717) is 34.5 Å². The van der Waals surface area contributed by atoms with E-state index < -0.39 is 34.7 Å². The van der Waals surface area contributed by atoms with Crippen LogP contribution in [-0.2, 0) is 0 Å². The fourth-order valence-corrected chi connectivity index (χ4v) is 4.90. The number of para-hydroxylation sites is 3. The summed E-state index contributed by atoms with van der Waals surface area (Å²) in [6, 6.07) is 45.2. The van der Waals surface area contributed by atoms with E-state index in [4.69, 9.17) is 28.4 Å².